The van der Waals surface area contributed by atoms with E-state index in [2.05, 4.69) is 58.0 Å². The number of halogens is 1. The van der Waals surface area contributed by atoms with Gasteiger partial charge in [0.1, 0.15) is 0 Å². The van der Waals surface area contributed by atoms with E-state index >= 15 is 0 Å². The molecular formula is C30H46ClN3O. The van der Waals surface area contributed by atoms with Crippen LogP contribution in [0.15, 0.2) is 42.5 Å². The van der Waals surface area contributed by atoms with Gasteiger partial charge in [-0.25, -0.2) is 0 Å². The maximum atomic E-state index is 12.8. The Labute approximate surface area is 219 Å². The maximum absolute atomic E-state index is 12.8. The van der Waals surface area contributed by atoms with Crippen LogP contribution in [0.25, 0.3) is 10.8 Å². The van der Waals surface area contributed by atoms with Crippen molar-refractivity contribution in [3.63, 3.8) is 0 Å². The standard InChI is InChI=1S/C30H45N3O.ClH/c34-30(16-15-28-13-8-12-27-11-4-5-14-29(27)28)33-21-17-26(18-22-33)24-32-20-7-6-19-31-23-25-9-2-1-3-10-25;/h4-5,8,11-14,25-26,31-32H,1-3,6-7,9-10,15-24H2;1H. The highest BCUT2D eigenvalue weighted by atomic mass is 35.5. The Morgan fingerprint density at radius 3 is 2.14 bits per heavy atom. The molecule has 194 valence electrons. The quantitative estimate of drug-likeness (QED) is 0.353. The molecular weight excluding hydrogens is 454 g/mol. The number of hydrogen-bond donors (Lipinski definition) is 2. The summed E-state index contributed by atoms with van der Waals surface area (Å²) >= 11 is 0. The second-order valence-corrected chi connectivity index (χ2v) is 10.6. The van der Waals surface area contributed by atoms with E-state index in [9.17, 15) is 4.79 Å². The molecule has 0 radical (unpaired) electrons. The molecule has 1 saturated carbocycles. The Hall–Kier alpha value is -1.62. The zero-order valence-corrected chi connectivity index (χ0v) is 22.3. The van der Waals surface area contributed by atoms with Crippen LogP contribution in [-0.4, -0.2) is 50.1 Å². The molecule has 35 heavy (non-hydrogen) atoms. The number of fused-ring (bicyclic) bond motifs is 1. The van der Waals surface area contributed by atoms with Gasteiger partial charge in [-0.05, 0) is 99.3 Å². The Morgan fingerprint density at radius 1 is 0.800 bits per heavy atom. The van der Waals surface area contributed by atoms with E-state index in [0.717, 1.165) is 57.9 Å². The summed E-state index contributed by atoms with van der Waals surface area (Å²) < 4.78 is 0. The first-order valence-corrected chi connectivity index (χ1v) is 14.0. The third-order valence-corrected chi connectivity index (χ3v) is 8.00. The topological polar surface area (TPSA) is 44.4 Å². The van der Waals surface area contributed by atoms with Crippen LogP contribution in [0, 0.1) is 11.8 Å². The summed E-state index contributed by atoms with van der Waals surface area (Å²) in [6.07, 6.45) is 13.4. The highest BCUT2D eigenvalue weighted by Gasteiger charge is 2.22. The first-order valence-electron chi connectivity index (χ1n) is 14.0. The Bertz CT molecular complexity index is 870. The van der Waals surface area contributed by atoms with Gasteiger partial charge in [0.15, 0.2) is 0 Å². The average Bonchev–Trinajstić information content (AvgIpc) is 2.89. The lowest BCUT2D eigenvalue weighted by molar-refractivity contribution is -0.132. The van der Waals surface area contributed by atoms with Crippen molar-refractivity contribution in [2.24, 2.45) is 11.8 Å². The van der Waals surface area contributed by atoms with Crippen LogP contribution >= 0.6 is 12.4 Å². The predicted molar refractivity (Wildman–Crippen MR) is 150 cm³/mol. The lowest BCUT2D eigenvalue weighted by atomic mass is 9.89. The van der Waals surface area contributed by atoms with Crippen molar-refractivity contribution in [1.29, 1.82) is 0 Å². The molecule has 2 N–H and O–H groups in total. The first-order chi connectivity index (χ1) is 16.8. The number of amides is 1. The second-order valence-electron chi connectivity index (χ2n) is 10.6. The van der Waals surface area contributed by atoms with Crippen LogP contribution in [0.2, 0.25) is 0 Å². The minimum absolute atomic E-state index is 0. The fourth-order valence-electron chi connectivity index (χ4n) is 5.80. The van der Waals surface area contributed by atoms with Crippen molar-refractivity contribution in [3.8, 4) is 0 Å². The van der Waals surface area contributed by atoms with E-state index in [-0.39, 0.29) is 12.4 Å². The lowest BCUT2D eigenvalue weighted by Gasteiger charge is -2.32. The largest absolute Gasteiger partial charge is 0.343 e. The molecule has 2 fully saturated rings. The van der Waals surface area contributed by atoms with Crippen LogP contribution in [0.4, 0.5) is 0 Å². The summed E-state index contributed by atoms with van der Waals surface area (Å²) in [5, 5.41) is 9.89. The molecule has 1 aliphatic carbocycles. The van der Waals surface area contributed by atoms with Crippen molar-refractivity contribution in [2.45, 2.75) is 70.6 Å². The van der Waals surface area contributed by atoms with E-state index in [1.807, 2.05) is 0 Å². The predicted octanol–water partition coefficient (Wildman–Crippen LogP) is 5.97. The first kappa shape index (κ1) is 28.0. The van der Waals surface area contributed by atoms with Gasteiger partial charge >= 0.3 is 0 Å². The van der Waals surface area contributed by atoms with E-state index in [4.69, 9.17) is 0 Å². The second kappa shape index (κ2) is 15.5. The van der Waals surface area contributed by atoms with Gasteiger partial charge in [-0.15, -0.1) is 12.4 Å². The number of likely N-dealkylation sites (tertiary alicyclic amines) is 1. The molecule has 0 atom stereocenters. The van der Waals surface area contributed by atoms with Gasteiger partial charge in [-0.1, -0.05) is 61.7 Å². The molecule has 1 heterocycles. The van der Waals surface area contributed by atoms with E-state index in [1.54, 1.807) is 0 Å². The molecule has 2 aromatic rings. The number of nitrogens with one attached hydrogen (secondary N) is 2. The molecule has 2 aliphatic rings. The minimum Gasteiger partial charge on any atom is -0.343 e. The molecule has 0 unspecified atom stereocenters. The number of nitrogens with zero attached hydrogens (tertiary/aromatic N) is 1. The Kier molecular flexibility index (Phi) is 12.4. The summed E-state index contributed by atoms with van der Waals surface area (Å²) in [7, 11) is 0. The van der Waals surface area contributed by atoms with Crippen LogP contribution in [-0.2, 0) is 11.2 Å². The summed E-state index contributed by atoms with van der Waals surface area (Å²) in [5.41, 5.74) is 1.29. The van der Waals surface area contributed by atoms with Crippen LogP contribution in [0.5, 0.6) is 0 Å². The molecule has 1 saturated heterocycles. The third kappa shape index (κ3) is 9.08. The number of carbonyl (C=O) groups excluding carboxylic acids is 1. The molecule has 4 rings (SSSR count). The summed E-state index contributed by atoms with van der Waals surface area (Å²) in [4.78, 5) is 14.9. The lowest BCUT2D eigenvalue weighted by Crippen LogP contribution is -2.41. The fraction of sp³-hybridized carbons (Fsp3) is 0.633. The summed E-state index contributed by atoms with van der Waals surface area (Å²) in [6, 6.07) is 14.9. The molecule has 4 nitrogen and oxygen atoms in total. The van der Waals surface area contributed by atoms with Crippen LogP contribution < -0.4 is 10.6 Å². The van der Waals surface area contributed by atoms with Crippen molar-refractivity contribution in [2.75, 3.05) is 39.3 Å². The van der Waals surface area contributed by atoms with Gasteiger partial charge in [0.05, 0.1) is 0 Å². The number of unbranched alkanes of at least 4 members (excludes halogenated alkanes) is 1. The zero-order chi connectivity index (χ0) is 23.4. The molecule has 0 spiro atoms. The van der Waals surface area contributed by atoms with Crippen molar-refractivity contribution in [1.82, 2.24) is 15.5 Å². The van der Waals surface area contributed by atoms with Crippen LogP contribution in [0.1, 0.15) is 69.8 Å². The smallest absolute Gasteiger partial charge is 0.222 e. The van der Waals surface area contributed by atoms with E-state index in [0.29, 0.717) is 18.2 Å². The van der Waals surface area contributed by atoms with Crippen LogP contribution in [0.3, 0.4) is 0 Å². The SMILES string of the molecule is Cl.O=C(CCc1cccc2ccccc12)N1CCC(CNCCCCNCC2CCCCC2)CC1. The van der Waals surface area contributed by atoms with E-state index in [1.165, 1.54) is 67.8 Å². The number of carbonyl (C=O) groups is 1. The van der Waals surface area contributed by atoms with Gasteiger partial charge in [0, 0.05) is 19.5 Å². The minimum atomic E-state index is 0. The molecule has 2 aromatic carbocycles. The van der Waals surface area contributed by atoms with Gasteiger partial charge in [-0.3, -0.25) is 4.79 Å². The summed E-state index contributed by atoms with van der Waals surface area (Å²) in [6.45, 7) is 6.46. The van der Waals surface area contributed by atoms with Gasteiger partial charge in [0.25, 0.3) is 0 Å². The number of piperidine rings is 1. The van der Waals surface area contributed by atoms with Gasteiger partial charge in [0.2, 0.25) is 5.91 Å². The van der Waals surface area contributed by atoms with Crippen molar-refractivity contribution >= 4 is 29.1 Å². The molecule has 0 aromatic heterocycles. The average molecular weight is 500 g/mol. The highest BCUT2D eigenvalue weighted by molar-refractivity contribution is 5.86. The Morgan fingerprint density at radius 2 is 1.43 bits per heavy atom. The number of aryl methyl sites for hydroxylation is 1. The molecule has 1 amide bonds. The number of hydrogen-bond acceptors (Lipinski definition) is 3. The third-order valence-electron chi connectivity index (χ3n) is 8.00. The number of benzene rings is 2. The maximum Gasteiger partial charge on any atom is 0.222 e. The zero-order valence-electron chi connectivity index (χ0n) is 21.5. The Balaban J connectivity index is 0.00000342. The number of rotatable bonds is 12. The molecule has 0 bridgehead atoms. The summed E-state index contributed by atoms with van der Waals surface area (Å²) in [5.74, 6) is 1.97. The normalized spacial score (nSPS) is 17.4. The van der Waals surface area contributed by atoms with Crippen molar-refractivity contribution < 1.29 is 4.79 Å². The molecule has 5 heteroatoms. The highest BCUT2D eigenvalue weighted by Crippen LogP contribution is 2.23. The van der Waals surface area contributed by atoms with Gasteiger partial charge < -0.3 is 15.5 Å². The van der Waals surface area contributed by atoms with E-state index < -0.39 is 0 Å². The monoisotopic (exact) mass is 499 g/mol. The fourth-order valence-corrected chi connectivity index (χ4v) is 5.80. The van der Waals surface area contributed by atoms with Crippen molar-refractivity contribution in [3.05, 3.63) is 48.0 Å². The molecule has 1 aliphatic heterocycles. The van der Waals surface area contributed by atoms with Gasteiger partial charge in [-0.2, -0.15) is 0 Å².